The number of piperazine rings is 1. The van der Waals surface area contributed by atoms with E-state index in [0.29, 0.717) is 12.6 Å². The second-order valence-electron chi connectivity index (χ2n) is 6.89. The molecule has 1 aliphatic carbocycles. The molecule has 1 N–H and O–H groups in total. The highest BCUT2D eigenvalue weighted by Gasteiger charge is 2.27. The molecule has 3 rings (SSSR count). The molecule has 1 aromatic carbocycles. The fourth-order valence-corrected chi connectivity index (χ4v) is 3.68. The molecule has 0 spiro atoms. The van der Waals surface area contributed by atoms with E-state index in [1.807, 2.05) is 4.90 Å². The summed E-state index contributed by atoms with van der Waals surface area (Å²) in [6.45, 7) is 7.50. The third kappa shape index (κ3) is 4.85. The number of urea groups is 1. The molecular weight excluding hydrogens is 322 g/mol. The van der Waals surface area contributed by atoms with E-state index in [2.05, 4.69) is 65.4 Å². The molecular formula is C22H29N3O. The molecule has 4 nitrogen and oxygen atoms in total. The van der Waals surface area contributed by atoms with Crippen LogP contribution in [0.4, 0.5) is 4.79 Å². The van der Waals surface area contributed by atoms with Crippen molar-refractivity contribution in [3.8, 4) is 0 Å². The molecule has 1 heterocycles. The van der Waals surface area contributed by atoms with Crippen LogP contribution in [0.1, 0.15) is 30.9 Å². The second-order valence-corrected chi connectivity index (χ2v) is 6.89. The lowest BCUT2D eigenvalue weighted by Crippen LogP contribution is -2.52. The lowest BCUT2D eigenvalue weighted by Gasteiger charge is -2.39. The van der Waals surface area contributed by atoms with E-state index in [-0.39, 0.29) is 6.03 Å². The minimum Gasteiger partial charge on any atom is -0.335 e. The number of hydrogen-bond donors (Lipinski definition) is 1. The van der Waals surface area contributed by atoms with Crippen molar-refractivity contribution < 1.29 is 4.79 Å². The van der Waals surface area contributed by atoms with Crippen LogP contribution in [0.5, 0.6) is 0 Å². The van der Waals surface area contributed by atoms with E-state index < -0.39 is 0 Å². The van der Waals surface area contributed by atoms with Crippen LogP contribution in [0, 0.1) is 0 Å². The van der Waals surface area contributed by atoms with Crippen LogP contribution in [0.3, 0.4) is 0 Å². The van der Waals surface area contributed by atoms with E-state index in [1.165, 1.54) is 11.1 Å². The number of carbonyl (C=O) groups is 1. The van der Waals surface area contributed by atoms with Gasteiger partial charge in [-0.05, 0) is 24.8 Å². The third-order valence-corrected chi connectivity index (χ3v) is 5.13. The second kappa shape index (κ2) is 9.39. The van der Waals surface area contributed by atoms with E-state index >= 15 is 0 Å². The predicted molar refractivity (Wildman–Crippen MR) is 107 cm³/mol. The SMILES string of the molecule is C=CCNC(=O)N1CCN([C@@H](CC2=CCCC=C2)c2ccccc2)CC1. The van der Waals surface area contributed by atoms with Crippen molar-refractivity contribution in [2.45, 2.75) is 25.3 Å². The summed E-state index contributed by atoms with van der Waals surface area (Å²) in [5.74, 6) is 0. The molecule has 0 bridgehead atoms. The molecule has 0 saturated carbocycles. The van der Waals surface area contributed by atoms with Gasteiger partial charge in [0.1, 0.15) is 0 Å². The van der Waals surface area contributed by atoms with Crippen molar-refractivity contribution >= 4 is 6.03 Å². The number of amides is 2. The summed E-state index contributed by atoms with van der Waals surface area (Å²) >= 11 is 0. The van der Waals surface area contributed by atoms with Gasteiger partial charge in [-0.25, -0.2) is 4.79 Å². The molecule has 1 aliphatic heterocycles. The molecule has 138 valence electrons. The van der Waals surface area contributed by atoms with Gasteiger partial charge in [0.05, 0.1) is 0 Å². The van der Waals surface area contributed by atoms with Crippen molar-refractivity contribution in [3.63, 3.8) is 0 Å². The van der Waals surface area contributed by atoms with Gasteiger partial charge in [0.25, 0.3) is 0 Å². The molecule has 2 amide bonds. The highest BCUT2D eigenvalue weighted by atomic mass is 16.2. The molecule has 2 aliphatic rings. The highest BCUT2D eigenvalue weighted by molar-refractivity contribution is 5.74. The smallest absolute Gasteiger partial charge is 0.317 e. The Balaban J connectivity index is 1.66. The van der Waals surface area contributed by atoms with Gasteiger partial charge in [-0.1, -0.05) is 60.2 Å². The first kappa shape index (κ1) is 18.5. The number of benzene rings is 1. The molecule has 26 heavy (non-hydrogen) atoms. The maximum Gasteiger partial charge on any atom is 0.317 e. The third-order valence-electron chi connectivity index (χ3n) is 5.13. The number of nitrogens with one attached hydrogen (secondary N) is 1. The molecule has 0 radical (unpaired) electrons. The van der Waals surface area contributed by atoms with Gasteiger partial charge in [-0.2, -0.15) is 0 Å². The maximum atomic E-state index is 12.2. The summed E-state index contributed by atoms with van der Waals surface area (Å²) in [7, 11) is 0. The van der Waals surface area contributed by atoms with Crippen LogP contribution in [-0.2, 0) is 0 Å². The molecule has 0 unspecified atom stereocenters. The van der Waals surface area contributed by atoms with Crippen LogP contribution >= 0.6 is 0 Å². The quantitative estimate of drug-likeness (QED) is 0.789. The van der Waals surface area contributed by atoms with Crippen molar-refractivity contribution in [1.82, 2.24) is 15.1 Å². The Bertz CT molecular complexity index is 657. The fourth-order valence-electron chi connectivity index (χ4n) is 3.68. The van der Waals surface area contributed by atoms with Gasteiger partial charge >= 0.3 is 6.03 Å². The Labute approximate surface area is 156 Å². The van der Waals surface area contributed by atoms with Crippen LogP contribution < -0.4 is 5.32 Å². The van der Waals surface area contributed by atoms with Crippen LogP contribution in [0.2, 0.25) is 0 Å². The topological polar surface area (TPSA) is 35.6 Å². The molecule has 0 aromatic heterocycles. The number of allylic oxidation sites excluding steroid dienone is 3. The molecule has 4 heteroatoms. The van der Waals surface area contributed by atoms with Crippen LogP contribution in [0.25, 0.3) is 0 Å². The minimum absolute atomic E-state index is 0.0127. The van der Waals surface area contributed by atoms with Gasteiger partial charge in [0.2, 0.25) is 0 Å². The standard InChI is InChI=1S/C22H29N3O/c1-2-13-23-22(26)25-16-14-24(15-17-25)21(20-11-7-4-8-12-20)18-19-9-5-3-6-10-19/h2,4-5,7-12,21H,1,3,6,13-18H2,(H,23,26)/t21-/m0/s1. The van der Waals surface area contributed by atoms with Crippen molar-refractivity contribution in [3.05, 3.63) is 72.4 Å². The lowest BCUT2D eigenvalue weighted by molar-refractivity contribution is 0.108. The largest absolute Gasteiger partial charge is 0.335 e. The first-order chi connectivity index (χ1) is 12.8. The fraction of sp³-hybridized carbons (Fsp3) is 0.409. The van der Waals surface area contributed by atoms with E-state index in [0.717, 1.165) is 45.4 Å². The Hall–Kier alpha value is -2.33. The zero-order valence-electron chi connectivity index (χ0n) is 15.4. The summed E-state index contributed by atoms with van der Waals surface area (Å²) < 4.78 is 0. The summed E-state index contributed by atoms with van der Waals surface area (Å²) in [5.41, 5.74) is 2.79. The number of carbonyl (C=O) groups excluding carboxylic acids is 1. The Morgan fingerprint density at radius 2 is 1.92 bits per heavy atom. The van der Waals surface area contributed by atoms with Crippen molar-refractivity contribution in [2.24, 2.45) is 0 Å². The van der Waals surface area contributed by atoms with Crippen molar-refractivity contribution in [1.29, 1.82) is 0 Å². The Morgan fingerprint density at radius 1 is 1.15 bits per heavy atom. The van der Waals surface area contributed by atoms with Gasteiger partial charge in [-0.3, -0.25) is 4.90 Å². The minimum atomic E-state index is 0.0127. The zero-order valence-corrected chi connectivity index (χ0v) is 15.4. The molecule has 1 atom stereocenters. The summed E-state index contributed by atoms with van der Waals surface area (Å²) in [5, 5.41) is 2.88. The summed E-state index contributed by atoms with van der Waals surface area (Å²) in [6.07, 6.45) is 12.0. The first-order valence-electron chi connectivity index (χ1n) is 9.56. The van der Waals surface area contributed by atoms with Crippen LogP contribution in [-0.4, -0.2) is 48.6 Å². The summed E-state index contributed by atoms with van der Waals surface area (Å²) in [6, 6.07) is 11.1. The number of rotatable bonds is 6. The molecule has 1 fully saturated rings. The average Bonchev–Trinajstić information content (AvgIpc) is 2.72. The van der Waals surface area contributed by atoms with Gasteiger partial charge in [-0.15, -0.1) is 6.58 Å². The lowest BCUT2D eigenvalue weighted by atomic mass is 9.94. The Kier molecular flexibility index (Phi) is 6.67. The zero-order chi connectivity index (χ0) is 18.2. The summed E-state index contributed by atoms with van der Waals surface area (Å²) in [4.78, 5) is 16.6. The monoisotopic (exact) mass is 351 g/mol. The Morgan fingerprint density at radius 3 is 2.58 bits per heavy atom. The molecule has 1 aromatic rings. The van der Waals surface area contributed by atoms with Crippen LogP contribution in [0.15, 0.2) is 66.8 Å². The number of nitrogens with zero attached hydrogens (tertiary/aromatic N) is 2. The molecule has 1 saturated heterocycles. The van der Waals surface area contributed by atoms with Gasteiger partial charge in [0.15, 0.2) is 0 Å². The van der Waals surface area contributed by atoms with E-state index in [4.69, 9.17) is 0 Å². The van der Waals surface area contributed by atoms with Gasteiger partial charge < -0.3 is 10.2 Å². The highest BCUT2D eigenvalue weighted by Crippen LogP contribution is 2.30. The maximum absolute atomic E-state index is 12.2. The normalized spacial score (nSPS) is 18.9. The van der Waals surface area contributed by atoms with Gasteiger partial charge in [0, 0.05) is 38.8 Å². The van der Waals surface area contributed by atoms with Crippen molar-refractivity contribution in [2.75, 3.05) is 32.7 Å². The number of hydrogen-bond acceptors (Lipinski definition) is 2. The average molecular weight is 351 g/mol. The predicted octanol–water partition coefficient (Wildman–Crippen LogP) is 3.91. The van der Waals surface area contributed by atoms with E-state index in [1.54, 1.807) is 6.08 Å². The first-order valence-corrected chi connectivity index (χ1v) is 9.56. The van der Waals surface area contributed by atoms with E-state index in [9.17, 15) is 4.79 Å².